The first kappa shape index (κ1) is 13.5. The number of rotatable bonds is 1. The van der Waals surface area contributed by atoms with Gasteiger partial charge in [-0.25, -0.2) is 0 Å². The van der Waals surface area contributed by atoms with Crippen molar-refractivity contribution in [2.75, 3.05) is 0 Å². The highest BCUT2D eigenvalue weighted by molar-refractivity contribution is 5.73. The minimum atomic E-state index is 0.111. The highest BCUT2D eigenvalue weighted by Crippen LogP contribution is 2.34. The molecule has 1 aliphatic rings. The van der Waals surface area contributed by atoms with Gasteiger partial charge in [-0.05, 0) is 31.1 Å². The molecule has 2 heteroatoms. The van der Waals surface area contributed by atoms with Gasteiger partial charge in [-0.15, -0.1) is 0 Å². The van der Waals surface area contributed by atoms with E-state index in [-0.39, 0.29) is 5.91 Å². The second-order valence-electron chi connectivity index (χ2n) is 4.64. The van der Waals surface area contributed by atoms with E-state index in [1.807, 2.05) is 13.8 Å². The summed E-state index contributed by atoms with van der Waals surface area (Å²) in [6.07, 6.45) is 4.76. The van der Waals surface area contributed by atoms with Crippen LogP contribution in [0.2, 0.25) is 0 Å². The Kier molecular flexibility index (Phi) is 5.82. The van der Waals surface area contributed by atoms with Crippen LogP contribution in [-0.2, 0) is 4.79 Å². The molecule has 0 aromatic rings. The maximum absolute atomic E-state index is 10.8. The molecule has 0 radical (unpaired) electrons. The first-order chi connectivity index (χ1) is 6.49. The van der Waals surface area contributed by atoms with Gasteiger partial charge in [0.15, 0.2) is 0 Å². The molecule has 1 N–H and O–H groups in total. The van der Waals surface area contributed by atoms with Crippen LogP contribution in [0.5, 0.6) is 0 Å². The van der Waals surface area contributed by atoms with Crippen molar-refractivity contribution in [2.45, 2.75) is 66.3 Å². The quantitative estimate of drug-likeness (QED) is 0.690. The number of carbonyl (C=O) groups is 1. The molecule has 0 spiro atoms. The third-order valence-corrected chi connectivity index (χ3v) is 2.75. The zero-order chi connectivity index (χ0) is 11.2. The molecule has 0 heterocycles. The molecule has 14 heavy (non-hydrogen) atoms. The minimum absolute atomic E-state index is 0.111. The predicted molar refractivity (Wildman–Crippen MR) is 61.2 cm³/mol. The Morgan fingerprint density at radius 3 is 2.00 bits per heavy atom. The Morgan fingerprint density at radius 1 is 1.21 bits per heavy atom. The Hall–Kier alpha value is -0.530. The van der Waals surface area contributed by atoms with Crippen molar-refractivity contribution in [3.63, 3.8) is 0 Å². The van der Waals surface area contributed by atoms with Crippen molar-refractivity contribution >= 4 is 5.91 Å². The lowest BCUT2D eigenvalue weighted by molar-refractivity contribution is -0.120. The Morgan fingerprint density at radius 2 is 1.64 bits per heavy atom. The van der Waals surface area contributed by atoms with Gasteiger partial charge >= 0.3 is 0 Å². The van der Waals surface area contributed by atoms with E-state index >= 15 is 0 Å². The zero-order valence-electron chi connectivity index (χ0n) is 10.3. The summed E-state index contributed by atoms with van der Waals surface area (Å²) >= 11 is 0. The topological polar surface area (TPSA) is 29.1 Å². The van der Waals surface area contributed by atoms with Crippen molar-refractivity contribution in [1.29, 1.82) is 0 Å². The molecule has 1 fully saturated rings. The summed E-state index contributed by atoms with van der Waals surface area (Å²) in [4.78, 5) is 10.8. The van der Waals surface area contributed by atoms with Crippen molar-refractivity contribution in [3.8, 4) is 0 Å². The molecule has 0 bridgehead atoms. The van der Waals surface area contributed by atoms with E-state index in [0.717, 1.165) is 12.8 Å². The second-order valence-corrected chi connectivity index (χ2v) is 4.64. The lowest BCUT2D eigenvalue weighted by atomic mass is 9.75. The molecule has 84 valence electrons. The number of carbonyl (C=O) groups excluding carboxylic acids is 1. The molecule has 1 amide bonds. The van der Waals surface area contributed by atoms with E-state index in [4.69, 9.17) is 0 Å². The summed E-state index contributed by atoms with van der Waals surface area (Å²) in [5.41, 5.74) is 0.495. The minimum Gasteiger partial charge on any atom is -0.354 e. The maximum atomic E-state index is 10.8. The molecule has 0 atom stereocenters. The van der Waals surface area contributed by atoms with Crippen molar-refractivity contribution in [3.05, 3.63) is 0 Å². The molecule has 2 nitrogen and oxygen atoms in total. The van der Waals surface area contributed by atoms with Gasteiger partial charge in [-0.2, -0.15) is 0 Å². The van der Waals surface area contributed by atoms with Crippen LogP contribution in [0.25, 0.3) is 0 Å². The van der Waals surface area contributed by atoms with Gasteiger partial charge in [0.2, 0.25) is 5.91 Å². The van der Waals surface area contributed by atoms with Crippen LogP contribution in [0.15, 0.2) is 0 Å². The molecule has 0 unspecified atom stereocenters. The van der Waals surface area contributed by atoms with Crippen LogP contribution < -0.4 is 5.32 Å². The van der Waals surface area contributed by atoms with Crippen LogP contribution in [0.1, 0.15) is 60.3 Å². The Bertz CT molecular complexity index is 165. The number of nitrogens with one attached hydrogen (secondary N) is 1. The van der Waals surface area contributed by atoms with Crippen molar-refractivity contribution < 1.29 is 4.79 Å². The van der Waals surface area contributed by atoms with Gasteiger partial charge in [0.05, 0.1) is 0 Å². The lowest BCUT2D eigenvalue weighted by Crippen LogP contribution is -2.37. The van der Waals surface area contributed by atoms with E-state index in [1.165, 1.54) is 12.8 Å². The van der Waals surface area contributed by atoms with Crippen LogP contribution >= 0.6 is 0 Å². The van der Waals surface area contributed by atoms with Gasteiger partial charge in [0.1, 0.15) is 0 Å². The highest BCUT2D eigenvalue weighted by atomic mass is 16.1. The summed E-state index contributed by atoms with van der Waals surface area (Å²) in [6, 6.07) is 0.440. The zero-order valence-corrected chi connectivity index (χ0v) is 10.3. The molecule has 0 aromatic carbocycles. The molecular weight excluding hydrogens is 174 g/mol. The van der Waals surface area contributed by atoms with E-state index in [0.29, 0.717) is 11.5 Å². The summed E-state index contributed by atoms with van der Waals surface area (Å²) in [6.45, 7) is 10.2. The number of hydrogen-bond donors (Lipinski definition) is 1. The number of hydrogen-bond acceptors (Lipinski definition) is 1. The van der Waals surface area contributed by atoms with Gasteiger partial charge < -0.3 is 5.32 Å². The normalized spacial score (nSPS) is 20.6. The van der Waals surface area contributed by atoms with Crippen molar-refractivity contribution in [1.82, 2.24) is 5.32 Å². The molecule has 1 saturated carbocycles. The van der Waals surface area contributed by atoms with E-state index in [9.17, 15) is 4.79 Å². The first-order valence-electron chi connectivity index (χ1n) is 5.77. The SMILES string of the molecule is CC.CC(=O)NC1CCC(C)(C)CC1. The maximum Gasteiger partial charge on any atom is 0.217 e. The Labute approximate surface area is 88.5 Å². The smallest absolute Gasteiger partial charge is 0.217 e. The molecule has 1 rings (SSSR count). The third kappa shape index (κ3) is 5.25. The van der Waals surface area contributed by atoms with Crippen LogP contribution in [0, 0.1) is 5.41 Å². The van der Waals surface area contributed by atoms with Gasteiger partial charge in [0, 0.05) is 13.0 Å². The third-order valence-electron chi connectivity index (χ3n) is 2.75. The van der Waals surface area contributed by atoms with Crippen LogP contribution in [-0.4, -0.2) is 11.9 Å². The monoisotopic (exact) mass is 199 g/mol. The average Bonchev–Trinajstić information content (AvgIpc) is 2.12. The summed E-state index contributed by atoms with van der Waals surface area (Å²) in [5, 5.41) is 2.98. The van der Waals surface area contributed by atoms with Crippen molar-refractivity contribution in [2.24, 2.45) is 5.41 Å². The van der Waals surface area contributed by atoms with Gasteiger partial charge in [0.25, 0.3) is 0 Å². The highest BCUT2D eigenvalue weighted by Gasteiger charge is 2.26. The molecule has 1 aliphatic carbocycles. The van der Waals surface area contributed by atoms with Crippen LogP contribution in [0.4, 0.5) is 0 Å². The largest absolute Gasteiger partial charge is 0.354 e. The standard InChI is InChI=1S/C10H19NO.C2H6/c1-8(12)11-9-4-6-10(2,3)7-5-9;1-2/h9H,4-7H2,1-3H3,(H,11,12);1-2H3. The first-order valence-corrected chi connectivity index (χ1v) is 5.77. The molecule has 0 saturated heterocycles. The predicted octanol–water partition coefficient (Wildman–Crippen LogP) is 3.12. The summed E-state index contributed by atoms with van der Waals surface area (Å²) in [7, 11) is 0. The summed E-state index contributed by atoms with van der Waals surface area (Å²) in [5.74, 6) is 0.111. The van der Waals surface area contributed by atoms with E-state index < -0.39 is 0 Å². The van der Waals surface area contributed by atoms with Crippen LogP contribution in [0.3, 0.4) is 0 Å². The lowest BCUT2D eigenvalue weighted by Gasteiger charge is -2.34. The fraction of sp³-hybridized carbons (Fsp3) is 0.917. The van der Waals surface area contributed by atoms with Gasteiger partial charge in [-0.1, -0.05) is 27.7 Å². The average molecular weight is 199 g/mol. The summed E-state index contributed by atoms with van der Waals surface area (Å²) < 4.78 is 0. The molecule has 0 aliphatic heterocycles. The van der Waals surface area contributed by atoms with Gasteiger partial charge in [-0.3, -0.25) is 4.79 Å². The fourth-order valence-corrected chi connectivity index (χ4v) is 1.83. The van der Waals surface area contributed by atoms with E-state index in [1.54, 1.807) is 6.92 Å². The Balaban J connectivity index is 0.000000791. The van der Waals surface area contributed by atoms with E-state index in [2.05, 4.69) is 19.2 Å². The number of amides is 1. The molecule has 0 aromatic heterocycles. The fourth-order valence-electron chi connectivity index (χ4n) is 1.83. The second kappa shape index (κ2) is 6.05. The molecular formula is C12H25NO.